The molecule has 0 N–H and O–H groups in total. The Hall–Kier alpha value is -2.47. The molecule has 2 heterocycles. The summed E-state index contributed by atoms with van der Waals surface area (Å²) in [5.41, 5.74) is 2.32. The Morgan fingerprint density at radius 1 is 0.852 bits per heavy atom. The third-order valence-electron chi connectivity index (χ3n) is 5.16. The summed E-state index contributed by atoms with van der Waals surface area (Å²) < 4.78 is 0. The summed E-state index contributed by atoms with van der Waals surface area (Å²) in [4.78, 5) is 32.6. The third-order valence-corrected chi connectivity index (χ3v) is 6.29. The molecule has 0 unspecified atom stereocenters. The molecular weight excluding hydrogens is 358 g/mol. The number of rotatable bonds is 3. The highest BCUT2D eigenvalue weighted by atomic mass is 32.2. The first-order valence-corrected chi connectivity index (χ1v) is 10.1. The van der Waals surface area contributed by atoms with Crippen LogP contribution in [0.4, 0.5) is 11.4 Å². The maximum absolute atomic E-state index is 12.7. The lowest BCUT2D eigenvalue weighted by Crippen LogP contribution is -2.50. The van der Waals surface area contributed by atoms with Crippen molar-refractivity contribution in [1.82, 2.24) is 9.80 Å². The summed E-state index contributed by atoms with van der Waals surface area (Å²) in [6.45, 7) is 4.75. The summed E-state index contributed by atoms with van der Waals surface area (Å²) in [5.74, 6) is 0.243. The van der Waals surface area contributed by atoms with Gasteiger partial charge in [0.25, 0.3) is 0 Å². The zero-order valence-electron chi connectivity index (χ0n) is 15.4. The molecule has 0 aromatic heterocycles. The largest absolute Gasteiger partial charge is 0.339 e. The van der Waals surface area contributed by atoms with Crippen molar-refractivity contribution in [1.29, 1.82) is 0 Å². The van der Waals surface area contributed by atoms with Crippen LogP contribution in [0.1, 0.15) is 13.3 Å². The molecule has 6 heteroatoms. The zero-order valence-corrected chi connectivity index (χ0v) is 16.2. The standard InChI is InChI=1S/C21H23N3O2S/c1-16(25)22-12-14-23(15-13-22)21(26)10-11-24-17-6-2-4-8-19(17)27-20-9-5-3-7-18(20)24/h2-9H,10-15H2,1H3. The van der Waals surface area contributed by atoms with Crippen LogP contribution in [0, 0.1) is 0 Å². The lowest BCUT2D eigenvalue weighted by atomic mass is 10.2. The smallest absolute Gasteiger partial charge is 0.224 e. The van der Waals surface area contributed by atoms with Crippen molar-refractivity contribution in [3.63, 3.8) is 0 Å². The van der Waals surface area contributed by atoms with Gasteiger partial charge in [0.15, 0.2) is 0 Å². The highest BCUT2D eigenvalue weighted by Gasteiger charge is 2.26. The Kier molecular flexibility index (Phi) is 5.07. The number of hydrogen-bond donors (Lipinski definition) is 0. The van der Waals surface area contributed by atoms with E-state index in [2.05, 4.69) is 41.3 Å². The number of nitrogens with zero attached hydrogens (tertiary/aromatic N) is 3. The number of hydrogen-bond acceptors (Lipinski definition) is 4. The molecule has 0 spiro atoms. The van der Waals surface area contributed by atoms with E-state index in [4.69, 9.17) is 0 Å². The number of benzene rings is 2. The Bertz CT molecular complexity index is 817. The Labute approximate surface area is 163 Å². The second kappa shape index (κ2) is 7.64. The number of carbonyl (C=O) groups is 2. The molecule has 0 aliphatic carbocycles. The molecular formula is C21H23N3O2S. The van der Waals surface area contributed by atoms with Crippen molar-refractivity contribution in [2.24, 2.45) is 0 Å². The van der Waals surface area contributed by atoms with Gasteiger partial charge in [0, 0.05) is 55.9 Å². The van der Waals surface area contributed by atoms with E-state index in [0.29, 0.717) is 39.1 Å². The number of para-hydroxylation sites is 2. The number of fused-ring (bicyclic) bond motifs is 2. The average molecular weight is 382 g/mol. The molecule has 2 amide bonds. The first-order chi connectivity index (χ1) is 13.1. The monoisotopic (exact) mass is 381 g/mol. The normalized spacial score (nSPS) is 16.0. The highest BCUT2D eigenvalue weighted by molar-refractivity contribution is 7.99. The van der Waals surface area contributed by atoms with Crippen LogP contribution in [-0.4, -0.2) is 54.3 Å². The second-order valence-corrected chi connectivity index (χ2v) is 7.91. The van der Waals surface area contributed by atoms with Crippen LogP contribution in [0.3, 0.4) is 0 Å². The summed E-state index contributed by atoms with van der Waals surface area (Å²) >= 11 is 1.78. The predicted octanol–water partition coefficient (Wildman–Crippen LogP) is 3.37. The van der Waals surface area contributed by atoms with E-state index < -0.39 is 0 Å². The lowest BCUT2D eigenvalue weighted by molar-refractivity contribution is -0.138. The van der Waals surface area contributed by atoms with Gasteiger partial charge >= 0.3 is 0 Å². The van der Waals surface area contributed by atoms with Crippen LogP contribution < -0.4 is 4.90 Å². The Morgan fingerprint density at radius 2 is 1.37 bits per heavy atom. The molecule has 0 radical (unpaired) electrons. The summed E-state index contributed by atoms with van der Waals surface area (Å²) in [6.07, 6.45) is 0.466. The van der Waals surface area contributed by atoms with Gasteiger partial charge in [0.1, 0.15) is 0 Å². The molecule has 0 bridgehead atoms. The van der Waals surface area contributed by atoms with Crippen LogP contribution in [-0.2, 0) is 9.59 Å². The van der Waals surface area contributed by atoms with Crippen molar-refractivity contribution in [2.45, 2.75) is 23.1 Å². The van der Waals surface area contributed by atoms with Crippen molar-refractivity contribution in [3.8, 4) is 0 Å². The number of anilines is 2. The fraction of sp³-hybridized carbons (Fsp3) is 0.333. The quantitative estimate of drug-likeness (QED) is 0.818. The molecule has 140 valence electrons. The second-order valence-electron chi connectivity index (χ2n) is 6.83. The number of carbonyl (C=O) groups excluding carboxylic acids is 2. The van der Waals surface area contributed by atoms with Crippen LogP contribution in [0.15, 0.2) is 58.3 Å². The summed E-state index contributed by atoms with van der Waals surface area (Å²) in [7, 11) is 0. The molecule has 27 heavy (non-hydrogen) atoms. The van der Waals surface area contributed by atoms with Crippen molar-refractivity contribution >= 4 is 35.0 Å². The fourth-order valence-corrected chi connectivity index (χ4v) is 4.75. The Morgan fingerprint density at radius 3 is 1.93 bits per heavy atom. The zero-order chi connectivity index (χ0) is 18.8. The van der Waals surface area contributed by atoms with E-state index in [9.17, 15) is 9.59 Å². The first-order valence-electron chi connectivity index (χ1n) is 9.30. The van der Waals surface area contributed by atoms with Crippen molar-refractivity contribution < 1.29 is 9.59 Å². The van der Waals surface area contributed by atoms with E-state index in [1.165, 1.54) is 9.79 Å². The molecule has 4 rings (SSSR count). The minimum Gasteiger partial charge on any atom is -0.339 e. The first kappa shape index (κ1) is 17.9. The SMILES string of the molecule is CC(=O)N1CCN(C(=O)CCN2c3ccccc3Sc3ccccc32)CC1. The molecule has 2 aliphatic heterocycles. The highest BCUT2D eigenvalue weighted by Crippen LogP contribution is 2.47. The lowest BCUT2D eigenvalue weighted by Gasteiger charge is -2.36. The molecule has 2 aliphatic rings. The number of piperazine rings is 1. The van der Waals surface area contributed by atoms with Crippen LogP contribution in [0.2, 0.25) is 0 Å². The topological polar surface area (TPSA) is 43.9 Å². The van der Waals surface area contributed by atoms with E-state index >= 15 is 0 Å². The number of amides is 2. The van der Waals surface area contributed by atoms with Crippen molar-refractivity contribution in [2.75, 3.05) is 37.6 Å². The van der Waals surface area contributed by atoms with Gasteiger partial charge in [-0.05, 0) is 24.3 Å². The summed E-state index contributed by atoms with van der Waals surface area (Å²) in [5, 5.41) is 0. The van der Waals surface area contributed by atoms with E-state index in [1.54, 1.807) is 23.6 Å². The van der Waals surface area contributed by atoms with Gasteiger partial charge in [-0.2, -0.15) is 0 Å². The maximum atomic E-state index is 12.7. The van der Waals surface area contributed by atoms with Gasteiger partial charge in [0.2, 0.25) is 11.8 Å². The third kappa shape index (κ3) is 3.67. The van der Waals surface area contributed by atoms with Crippen LogP contribution in [0.5, 0.6) is 0 Å². The minimum absolute atomic E-state index is 0.0844. The maximum Gasteiger partial charge on any atom is 0.224 e. The van der Waals surface area contributed by atoms with Gasteiger partial charge in [-0.1, -0.05) is 36.0 Å². The average Bonchev–Trinajstić information content (AvgIpc) is 2.71. The van der Waals surface area contributed by atoms with E-state index in [-0.39, 0.29) is 11.8 Å². The van der Waals surface area contributed by atoms with Crippen LogP contribution >= 0.6 is 11.8 Å². The fourth-order valence-electron chi connectivity index (χ4n) is 3.66. The molecule has 2 aromatic rings. The van der Waals surface area contributed by atoms with Gasteiger partial charge in [0.05, 0.1) is 11.4 Å². The minimum atomic E-state index is 0.0844. The van der Waals surface area contributed by atoms with Gasteiger partial charge in [-0.3, -0.25) is 9.59 Å². The molecule has 1 fully saturated rings. The molecule has 0 atom stereocenters. The van der Waals surface area contributed by atoms with Gasteiger partial charge < -0.3 is 14.7 Å². The molecule has 5 nitrogen and oxygen atoms in total. The van der Waals surface area contributed by atoms with Crippen LogP contribution in [0.25, 0.3) is 0 Å². The predicted molar refractivity (Wildman–Crippen MR) is 107 cm³/mol. The molecule has 0 saturated carbocycles. The van der Waals surface area contributed by atoms with E-state index in [1.807, 2.05) is 17.0 Å². The van der Waals surface area contributed by atoms with Crippen molar-refractivity contribution in [3.05, 3.63) is 48.5 Å². The van der Waals surface area contributed by atoms with E-state index in [0.717, 1.165) is 11.4 Å². The van der Waals surface area contributed by atoms with Gasteiger partial charge in [-0.25, -0.2) is 0 Å². The Balaban J connectivity index is 1.46. The van der Waals surface area contributed by atoms with Gasteiger partial charge in [-0.15, -0.1) is 0 Å². The summed E-state index contributed by atoms with van der Waals surface area (Å²) in [6, 6.07) is 16.7. The molecule has 2 aromatic carbocycles. The molecule has 1 saturated heterocycles.